The SMILES string of the molecule is CNC(=O)c1ccc(NC(C)c2ncc(C)s2)nn1. The zero-order chi connectivity index (χ0) is 13.8. The number of hydrogen-bond donors (Lipinski definition) is 2. The molecule has 0 aromatic carbocycles. The lowest BCUT2D eigenvalue weighted by molar-refractivity contribution is 0.0957. The number of thiazole rings is 1. The second-order valence-electron chi connectivity index (χ2n) is 4.06. The van der Waals surface area contributed by atoms with Crippen LogP contribution in [0, 0.1) is 6.92 Å². The van der Waals surface area contributed by atoms with E-state index in [1.165, 1.54) is 4.88 Å². The fourth-order valence-corrected chi connectivity index (χ4v) is 2.29. The topological polar surface area (TPSA) is 79.8 Å². The van der Waals surface area contributed by atoms with Crippen molar-refractivity contribution in [2.75, 3.05) is 12.4 Å². The molecule has 0 aliphatic rings. The minimum atomic E-state index is -0.248. The number of aromatic nitrogens is 3. The molecule has 100 valence electrons. The Kier molecular flexibility index (Phi) is 4.06. The Labute approximate surface area is 115 Å². The smallest absolute Gasteiger partial charge is 0.271 e. The van der Waals surface area contributed by atoms with Crippen LogP contribution in [0.15, 0.2) is 18.3 Å². The molecular weight excluding hydrogens is 262 g/mol. The summed E-state index contributed by atoms with van der Waals surface area (Å²) in [6.45, 7) is 4.03. The Hall–Kier alpha value is -2.02. The zero-order valence-electron chi connectivity index (χ0n) is 11.0. The summed E-state index contributed by atoms with van der Waals surface area (Å²) >= 11 is 1.64. The Morgan fingerprint density at radius 1 is 1.37 bits per heavy atom. The molecule has 0 fully saturated rings. The number of amides is 1. The molecule has 1 unspecified atom stereocenters. The van der Waals surface area contributed by atoms with E-state index < -0.39 is 0 Å². The molecule has 2 aromatic heterocycles. The maximum Gasteiger partial charge on any atom is 0.271 e. The van der Waals surface area contributed by atoms with Crippen molar-refractivity contribution in [2.24, 2.45) is 0 Å². The number of aryl methyl sites for hydroxylation is 1. The number of nitrogens with zero attached hydrogens (tertiary/aromatic N) is 3. The molecule has 2 rings (SSSR count). The van der Waals surface area contributed by atoms with Crippen molar-refractivity contribution >= 4 is 23.1 Å². The first-order valence-corrected chi connectivity index (χ1v) is 6.66. The fraction of sp³-hybridized carbons (Fsp3) is 0.333. The molecule has 0 saturated carbocycles. The Balaban J connectivity index is 2.05. The third-order valence-corrected chi connectivity index (χ3v) is 3.59. The van der Waals surface area contributed by atoms with Crippen molar-refractivity contribution in [3.05, 3.63) is 33.9 Å². The molecule has 6 nitrogen and oxygen atoms in total. The largest absolute Gasteiger partial charge is 0.360 e. The third-order valence-electron chi connectivity index (χ3n) is 2.50. The highest BCUT2D eigenvalue weighted by atomic mass is 32.1. The van der Waals surface area contributed by atoms with Crippen LogP contribution in [0.1, 0.15) is 33.3 Å². The van der Waals surface area contributed by atoms with Crippen molar-refractivity contribution in [3.63, 3.8) is 0 Å². The van der Waals surface area contributed by atoms with E-state index in [2.05, 4.69) is 25.8 Å². The minimum absolute atomic E-state index is 0.0545. The van der Waals surface area contributed by atoms with Gasteiger partial charge in [0.15, 0.2) is 5.69 Å². The van der Waals surface area contributed by atoms with Crippen LogP contribution >= 0.6 is 11.3 Å². The molecule has 0 saturated heterocycles. The summed E-state index contributed by atoms with van der Waals surface area (Å²) in [5, 5.41) is 14.5. The molecule has 0 aliphatic heterocycles. The van der Waals surface area contributed by atoms with E-state index in [1.54, 1.807) is 30.5 Å². The van der Waals surface area contributed by atoms with Crippen LogP contribution in [-0.4, -0.2) is 28.1 Å². The molecular formula is C12H15N5OS. The van der Waals surface area contributed by atoms with Gasteiger partial charge >= 0.3 is 0 Å². The van der Waals surface area contributed by atoms with Gasteiger partial charge in [0.05, 0.1) is 6.04 Å². The highest BCUT2D eigenvalue weighted by Gasteiger charge is 2.11. The molecule has 2 aromatic rings. The van der Waals surface area contributed by atoms with Gasteiger partial charge in [-0.15, -0.1) is 21.5 Å². The Morgan fingerprint density at radius 2 is 2.16 bits per heavy atom. The number of hydrogen-bond acceptors (Lipinski definition) is 6. The van der Waals surface area contributed by atoms with E-state index in [4.69, 9.17) is 0 Å². The summed E-state index contributed by atoms with van der Waals surface area (Å²) in [7, 11) is 1.56. The van der Waals surface area contributed by atoms with Gasteiger partial charge in [-0.25, -0.2) is 4.98 Å². The van der Waals surface area contributed by atoms with E-state index in [-0.39, 0.29) is 11.9 Å². The van der Waals surface area contributed by atoms with E-state index in [0.717, 1.165) is 5.01 Å². The average Bonchev–Trinajstić information content (AvgIpc) is 2.85. The lowest BCUT2D eigenvalue weighted by Crippen LogP contribution is -2.20. The van der Waals surface area contributed by atoms with Gasteiger partial charge in [0, 0.05) is 18.1 Å². The van der Waals surface area contributed by atoms with Crippen molar-refractivity contribution in [3.8, 4) is 0 Å². The summed E-state index contributed by atoms with van der Waals surface area (Å²) in [6.07, 6.45) is 1.85. The summed E-state index contributed by atoms with van der Waals surface area (Å²) in [5.41, 5.74) is 0.297. The predicted octanol–water partition coefficient (Wildman–Crippen LogP) is 1.77. The van der Waals surface area contributed by atoms with E-state index in [9.17, 15) is 4.79 Å². The van der Waals surface area contributed by atoms with E-state index >= 15 is 0 Å². The van der Waals surface area contributed by atoms with Crippen molar-refractivity contribution in [1.29, 1.82) is 0 Å². The number of carbonyl (C=O) groups is 1. The molecule has 19 heavy (non-hydrogen) atoms. The second kappa shape index (κ2) is 5.75. The first kappa shape index (κ1) is 13.4. The van der Waals surface area contributed by atoms with Gasteiger partial charge < -0.3 is 10.6 Å². The molecule has 0 radical (unpaired) electrons. The summed E-state index contributed by atoms with van der Waals surface area (Å²) < 4.78 is 0. The van der Waals surface area contributed by atoms with Gasteiger partial charge in [0.25, 0.3) is 5.91 Å². The van der Waals surface area contributed by atoms with Crippen molar-refractivity contribution in [2.45, 2.75) is 19.9 Å². The van der Waals surface area contributed by atoms with Crippen LogP contribution in [0.25, 0.3) is 0 Å². The van der Waals surface area contributed by atoms with Crippen LogP contribution in [-0.2, 0) is 0 Å². The van der Waals surface area contributed by atoms with Gasteiger partial charge in [-0.3, -0.25) is 4.79 Å². The summed E-state index contributed by atoms with van der Waals surface area (Å²) in [6, 6.07) is 3.42. The molecule has 2 N–H and O–H groups in total. The summed E-state index contributed by atoms with van der Waals surface area (Å²) in [5.74, 6) is 0.371. The van der Waals surface area contributed by atoms with Crippen LogP contribution in [0.2, 0.25) is 0 Å². The quantitative estimate of drug-likeness (QED) is 0.890. The second-order valence-corrected chi connectivity index (χ2v) is 5.32. The van der Waals surface area contributed by atoms with Crippen molar-refractivity contribution in [1.82, 2.24) is 20.5 Å². The minimum Gasteiger partial charge on any atom is -0.360 e. The van der Waals surface area contributed by atoms with Crippen LogP contribution in [0.3, 0.4) is 0 Å². The monoisotopic (exact) mass is 277 g/mol. The van der Waals surface area contributed by atoms with Crippen LogP contribution < -0.4 is 10.6 Å². The maximum atomic E-state index is 11.3. The van der Waals surface area contributed by atoms with Gasteiger partial charge in [-0.2, -0.15) is 0 Å². The fourth-order valence-electron chi connectivity index (χ4n) is 1.51. The van der Waals surface area contributed by atoms with Crippen LogP contribution in [0.4, 0.5) is 5.82 Å². The number of nitrogens with one attached hydrogen (secondary N) is 2. The van der Waals surface area contributed by atoms with E-state index in [1.807, 2.05) is 20.0 Å². The van der Waals surface area contributed by atoms with Gasteiger partial charge in [-0.05, 0) is 26.0 Å². The highest BCUT2D eigenvalue weighted by Crippen LogP contribution is 2.22. The molecule has 1 atom stereocenters. The lowest BCUT2D eigenvalue weighted by Gasteiger charge is -2.11. The van der Waals surface area contributed by atoms with Gasteiger partial charge in [0.2, 0.25) is 0 Å². The number of rotatable bonds is 4. The molecule has 0 aliphatic carbocycles. The zero-order valence-corrected chi connectivity index (χ0v) is 11.8. The average molecular weight is 277 g/mol. The first-order valence-electron chi connectivity index (χ1n) is 5.85. The molecule has 0 spiro atoms. The first-order chi connectivity index (χ1) is 9.10. The van der Waals surface area contributed by atoms with Crippen LogP contribution in [0.5, 0.6) is 0 Å². The standard InChI is InChI=1S/C12H15N5OS/c1-7-6-14-12(19-7)8(2)15-10-5-4-9(16-17-10)11(18)13-3/h4-6,8H,1-3H3,(H,13,18)(H,15,17). The Morgan fingerprint density at radius 3 is 2.68 bits per heavy atom. The van der Waals surface area contributed by atoms with E-state index in [0.29, 0.717) is 11.5 Å². The third kappa shape index (κ3) is 3.25. The normalized spacial score (nSPS) is 11.9. The molecule has 7 heteroatoms. The molecule has 0 bridgehead atoms. The van der Waals surface area contributed by atoms with Gasteiger partial charge in [-0.1, -0.05) is 0 Å². The molecule has 1 amide bonds. The van der Waals surface area contributed by atoms with Gasteiger partial charge in [0.1, 0.15) is 10.8 Å². The lowest BCUT2D eigenvalue weighted by atomic mass is 10.3. The van der Waals surface area contributed by atoms with Crippen molar-refractivity contribution < 1.29 is 4.79 Å². The number of carbonyl (C=O) groups excluding carboxylic acids is 1. The highest BCUT2D eigenvalue weighted by molar-refractivity contribution is 7.11. The Bertz CT molecular complexity index is 566. The predicted molar refractivity (Wildman–Crippen MR) is 74.3 cm³/mol. The molecule has 2 heterocycles. The summed E-state index contributed by atoms with van der Waals surface area (Å²) in [4.78, 5) is 16.8. The number of anilines is 1. The maximum absolute atomic E-state index is 11.3.